The van der Waals surface area contributed by atoms with Crippen LogP contribution in [0.1, 0.15) is 22.5 Å². The average Bonchev–Trinajstić information content (AvgIpc) is 2.51. The van der Waals surface area contributed by atoms with Crippen LogP contribution in [-0.4, -0.2) is 18.9 Å². The van der Waals surface area contributed by atoms with Crippen molar-refractivity contribution in [1.29, 1.82) is 5.26 Å². The zero-order valence-electron chi connectivity index (χ0n) is 11.9. The Kier molecular flexibility index (Phi) is 4.93. The maximum Gasteiger partial charge on any atom is 0.188 e. The van der Waals surface area contributed by atoms with Crippen molar-refractivity contribution in [3.63, 3.8) is 0 Å². The molecule has 0 aliphatic heterocycles. The Hall–Kier alpha value is -2.82. The molecular weight excluding hydrogens is 264 g/mol. The van der Waals surface area contributed by atoms with Crippen LogP contribution in [-0.2, 0) is 4.74 Å². The minimum Gasteiger partial charge on any atom is -0.466 e. The summed E-state index contributed by atoms with van der Waals surface area (Å²) in [6.07, 6.45) is 0. The van der Waals surface area contributed by atoms with Crippen molar-refractivity contribution < 1.29 is 9.47 Å². The van der Waals surface area contributed by atoms with Crippen molar-refractivity contribution in [3.05, 3.63) is 58.9 Å². The van der Waals surface area contributed by atoms with Gasteiger partial charge in [-0.2, -0.15) is 5.26 Å². The normalized spacial score (nSPS) is 9.38. The van der Waals surface area contributed by atoms with E-state index in [1.807, 2.05) is 25.1 Å². The number of pyridine rings is 1. The number of rotatable bonds is 3. The predicted molar refractivity (Wildman–Crippen MR) is 78.6 cm³/mol. The van der Waals surface area contributed by atoms with E-state index in [4.69, 9.17) is 14.7 Å². The van der Waals surface area contributed by atoms with Crippen LogP contribution < -0.4 is 4.74 Å². The van der Waals surface area contributed by atoms with Gasteiger partial charge in [-0.3, -0.25) is 0 Å². The number of hydrogen-bond donors (Lipinski definition) is 0. The predicted octanol–water partition coefficient (Wildman–Crippen LogP) is 2.64. The third-order valence-electron chi connectivity index (χ3n) is 2.66. The van der Waals surface area contributed by atoms with Crippen molar-refractivity contribution >= 4 is 0 Å². The fourth-order valence-corrected chi connectivity index (χ4v) is 1.69. The lowest BCUT2D eigenvalue weighted by atomic mass is 10.1. The number of nitrogens with zero attached hydrogens (tertiary/aromatic N) is 2. The van der Waals surface area contributed by atoms with Gasteiger partial charge in [0.05, 0.1) is 5.56 Å². The molecule has 1 aromatic carbocycles. The van der Waals surface area contributed by atoms with Gasteiger partial charge in [0.25, 0.3) is 0 Å². The minimum absolute atomic E-state index is 0.104. The second-order valence-electron chi connectivity index (χ2n) is 4.29. The fourth-order valence-electron chi connectivity index (χ4n) is 1.69. The van der Waals surface area contributed by atoms with Crippen molar-refractivity contribution in [3.8, 4) is 23.7 Å². The molecule has 4 nitrogen and oxygen atoms in total. The maximum atomic E-state index is 9.13. The van der Waals surface area contributed by atoms with E-state index >= 15 is 0 Å². The maximum absolute atomic E-state index is 9.13. The molecule has 0 unspecified atom stereocenters. The van der Waals surface area contributed by atoms with E-state index in [0.717, 1.165) is 11.3 Å². The van der Waals surface area contributed by atoms with E-state index in [0.29, 0.717) is 17.0 Å². The second kappa shape index (κ2) is 7.09. The first kappa shape index (κ1) is 14.6. The van der Waals surface area contributed by atoms with E-state index in [-0.39, 0.29) is 6.79 Å². The van der Waals surface area contributed by atoms with Gasteiger partial charge in [0.15, 0.2) is 6.79 Å². The zero-order valence-corrected chi connectivity index (χ0v) is 11.9. The highest BCUT2D eigenvalue weighted by Crippen LogP contribution is 2.19. The van der Waals surface area contributed by atoms with Crippen LogP contribution in [0.4, 0.5) is 0 Å². The molecule has 0 aliphatic rings. The number of hydrogen-bond acceptors (Lipinski definition) is 4. The summed E-state index contributed by atoms with van der Waals surface area (Å²) in [5.41, 5.74) is 2.78. The lowest BCUT2D eigenvalue weighted by Crippen LogP contribution is -2.00. The smallest absolute Gasteiger partial charge is 0.188 e. The summed E-state index contributed by atoms with van der Waals surface area (Å²) in [6.45, 7) is 2.02. The van der Waals surface area contributed by atoms with Crippen molar-refractivity contribution in [2.75, 3.05) is 13.9 Å². The molecule has 0 spiro atoms. The molecule has 0 radical (unpaired) electrons. The van der Waals surface area contributed by atoms with Crippen LogP contribution in [0.25, 0.3) is 0 Å². The van der Waals surface area contributed by atoms with E-state index in [2.05, 4.69) is 22.9 Å². The quantitative estimate of drug-likeness (QED) is 0.639. The lowest BCUT2D eigenvalue weighted by molar-refractivity contribution is 0.0509. The van der Waals surface area contributed by atoms with Crippen LogP contribution in [0, 0.1) is 30.1 Å². The Morgan fingerprint density at radius 1 is 1.19 bits per heavy atom. The van der Waals surface area contributed by atoms with Crippen molar-refractivity contribution in [2.45, 2.75) is 6.92 Å². The van der Waals surface area contributed by atoms with E-state index in [1.165, 1.54) is 7.11 Å². The molecule has 0 amide bonds. The Bertz CT molecular complexity index is 736. The molecule has 2 rings (SSSR count). The largest absolute Gasteiger partial charge is 0.466 e. The van der Waals surface area contributed by atoms with Gasteiger partial charge in [0.2, 0.25) is 0 Å². The van der Waals surface area contributed by atoms with E-state index < -0.39 is 0 Å². The summed E-state index contributed by atoms with van der Waals surface area (Å²) >= 11 is 0. The Morgan fingerprint density at radius 2 is 2.05 bits per heavy atom. The number of aromatic nitrogens is 1. The lowest BCUT2D eigenvalue weighted by Gasteiger charge is -2.06. The highest BCUT2D eigenvalue weighted by atomic mass is 16.7. The summed E-state index contributed by atoms with van der Waals surface area (Å²) in [5.74, 6) is 6.46. The van der Waals surface area contributed by atoms with Crippen molar-refractivity contribution in [1.82, 2.24) is 4.98 Å². The number of nitriles is 1. The van der Waals surface area contributed by atoms with Gasteiger partial charge in [0.1, 0.15) is 17.5 Å². The molecule has 4 heteroatoms. The van der Waals surface area contributed by atoms with Gasteiger partial charge in [-0.05, 0) is 43.2 Å². The van der Waals surface area contributed by atoms with Crippen LogP contribution in [0.2, 0.25) is 0 Å². The van der Waals surface area contributed by atoms with Gasteiger partial charge in [-0.25, -0.2) is 4.98 Å². The monoisotopic (exact) mass is 278 g/mol. The zero-order chi connectivity index (χ0) is 15.1. The van der Waals surface area contributed by atoms with Gasteiger partial charge < -0.3 is 9.47 Å². The average molecular weight is 278 g/mol. The highest BCUT2D eigenvalue weighted by Gasteiger charge is 2.03. The summed E-state index contributed by atoms with van der Waals surface area (Å²) in [5, 5.41) is 9.13. The van der Waals surface area contributed by atoms with Crippen LogP contribution >= 0.6 is 0 Å². The SMILES string of the molecule is COCOc1ccc(C#Cc2cccc(C)n2)cc1C#N. The molecule has 0 saturated carbocycles. The Balaban J connectivity index is 2.24. The third-order valence-corrected chi connectivity index (χ3v) is 2.66. The van der Waals surface area contributed by atoms with Crippen molar-refractivity contribution in [2.24, 2.45) is 0 Å². The number of benzene rings is 1. The molecule has 21 heavy (non-hydrogen) atoms. The Morgan fingerprint density at radius 3 is 2.76 bits per heavy atom. The first-order chi connectivity index (χ1) is 10.2. The Labute approximate surface area is 124 Å². The first-order valence-corrected chi connectivity index (χ1v) is 6.34. The molecule has 0 aliphatic carbocycles. The van der Waals surface area contributed by atoms with Crippen LogP contribution in [0.5, 0.6) is 5.75 Å². The molecule has 1 aromatic heterocycles. The molecule has 0 atom stereocenters. The van der Waals surface area contributed by atoms with E-state index in [9.17, 15) is 0 Å². The summed E-state index contributed by atoms with van der Waals surface area (Å²) in [6, 6.07) is 13.0. The number of aryl methyl sites for hydroxylation is 1. The summed E-state index contributed by atoms with van der Waals surface area (Å²) < 4.78 is 10.1. The van der Waals surface area contributed by atoms with Crippen LogP contribution in [0.3, 0.4) is 0 Å². The van der Waals surface area contributed by atoms with Gasteiger partial charge in [-0.15, -0.1) is 0 Å². The molecule has 0 N–H and O–H groups in total. The van der Waals surface area contributed by atoms with Gasteiger partial charge >= 0.3 is 0 Å². The number of methoxy groups -OCH3 is 1. The van der Waals surface area contributed by atoms with Gasteiger partial charge in [-0.1, -0.05) is 12.0 Å². The highest BCUT2D eigenvalue weighted by molar-refractivity contribution is 5.51. The molecule has 0 saturated heterocycles. The van der Waals surface area contributed by atoms with E-state index in [1.54, 1.807) is 18.2 Å². The topological polar surface area (TPSA) is 55.1 Å². The fraction of sp³-hybridized carbons (Fsp3) is 0.176. The molecule has 1 heterocycles. The third kappa shape index (κ3) is 4.07. The number of ether oxygens (including phenoxy) is 2. The standard InChI is InChI=1S/C17H14N2O2/c1-13-4-3-5-16(19-13)8-6-14-7-9-17(21-12-20-2)15(10-14)11-18/h3-5,7,9-10H,12H2,1-2H3. The second-order valence-corrected chi connectivity index (χ2v) is 4.29. The molecule has 2 aromatic rings. The molecule has 0 fully saturated rings. The van der Waals surface area contributed by atoms with Crippen LogP contribution in [0.15, 0.2) is 36.4 Å². The first-order valence-electron chi connectivity index (χ1n) is 6.34. The summed E-state index contributed by atoms with van der Waals surface area (Å²) in [4.78, 5) is 4.31. The molecular formula is C17H14N2O2. The molecule has 104 valence electrons. The van der Waals surface area contributed by atoms with Gasteiger partial charge in [0, 0.05) is 18.4 Å². The summed E-state index contributed by atoms with van der Waals surface area (Å²) in [7, 11) is 1.53. The molecule has 0 bridgehead atoms. The minimum atomic E-state index is 0.104.